The van der Waals surface area contributed by atoms with Gasteiger partial charge in [0.1, 0.15) is 11.6 Å². The van der Waals surface area contributed by atoms with Crippen LogP contribution in [0.3, 0.4) is 0 Å². The highest BCUT2D eigenvalue weighted by Crippen LogP contribution is 2.25. The molecule has 0 unspecified atom stereocenters. The van der Waals surface area contributed by atoms with E-state index in [4.69, 9.17) is 5.26 Å². The molecule has 0 radical (unpaired) electrons. The van der Waals surface area contributed by atoms with Crippen LogP contribution in [-0.4, -0.2) is 31.9 Å². The molecule has 86 valence electrons. The molecule has 0 saturated heterocycles. The molecule has 1 saturated carbocycles. The number of nitriles is 1. The Bertz CT molecular complexity index is 609. The molecule has 2 aromatic rings. The van der Waals surface area contributed by atoms with Gasteiger partial charge in [0.25, 0.3) is 0 Å². The van der Waals surface area contributed by atoms with Gasteiger partial charge in [-0.2, -0.15) is 19.9 Å². The van der Waals surface area contributed by atoms with Gasteiger partial charge in [-0.3, -0.25) is 0 Å². The summed E-state index contributed by atoms with van der Waals surface area (Å²) in [4.78, 5) is 8.68. The van der Waals surface area contributed by atoms with Gasteiger partial charge in [-0.1, -0.05) is 11.8 Å². The molecule has 2 aromatic heterocycles. The molecule has 17 heavy (non-hydrogen) atoms. The predicted molar refractivity (Wildman–Crippen MR) is 63.9 cm³/mol. The molecule has 6 nitrogen and oxygen atoms in total. The van der Waals surface area contributed by atoms with Gasteiger partial charge in [-0.15, -0.1) is 0 Å². The van der Waals surface area contributed by atoms with E-state index >= 15 is 0 Å². The molecule has 1 N–H and O–H groups in total. The minimum absolute atomic E-state index is 0.474. The topological polar surface area (TPSA) is 78.9 Å². The van der Waals surface area contributed by atoms with Crippen molar-refractivity contribution in [3.05, 3.63) is 11.8 Å². The molecule has 0 aromatic carbocycles. The first-order chi connectivity index (χ1) is 8.31. The molecule has 2 heterocycles. The zero-order chi connectivity index (χ0) is 11.8. The molecule has 7 heteroatoms. The van der Waals surface area contributed by atoms with E-state index in [1.165, 1.54) is 18.0 Å². The van der Waals surface area contributed by atoms with E-state index in [9.17, 15) is 0 Å². The number of anilines is 1. The summed E-state index contributed by atoms with van der Waals surface area (Å²) in [6, 6.07) is 2.57. The maximum absolute atomic E-state index is 8.98. The molecule has 1 aliphatic rings. The monoisotopic (exact) mass is 246 g/mol. The summed E-state index contributed by atoms with van der Waals surface area (Å²) in [5.41, 5.74) is 1.04. The first-order valence-electron chi connectivity index (χ1n) is 5.28. The van der Waals surface area contributed by atoms with Crippen molar-refractivity contribution in [3.8, 4) is 6.07 Å². The van der Waals surface area contributed by atoms with Crippen LogP contribution >= 0.6 is 11.8 Å². The molecule has 1 aliphatic carbocycles. The van der Waals surface area contributed by atoms with Crippen molar-refractivity contribution in [2.45, 2.75) is 24.0 Å². The van der Waals surface area contributed by atoms with Crippen molar-refractivity contribution in [2.75, 3.05) is 11.6 Å². The Labute approximate surface area is 102 Å². The SMILES string of the molecule is CSc1nc(NC2CC2)n2ncc(C#N)c2n1. The first kappa shape index (κ1) is 10.4. The minimum atomic E-state index is 0.474. The molecule has 3 rings (SSSR count). The minimum Gasteiger partial charge on any atom is -0.351 e. The average molecular weight is 246 g/mol. The fraction of sp³-hybridized carbons (Fsp3) is 0.400. The summed E-state index contributed by atoms with van der Waals surface area (Å²) in [6.07, 6.45) is 5.75. The molecule has 0 atom stereocenters. The van der Waals surface area contributed by atoms with Gasteiger partial charge in [-0.25, -0.2) is 4.98 Å². The molecule has 0 aliphatic heterocycles. The van der Waals surface area contributed by atoms with Crippen LogP contribution < -0.4 is 5.32 Å². The van der Waals surface area contributed by atoms with Crippen LogP contribution in [0.5, 0.6) is 0 Å². The Hall–Kier alpha value is -1.81. The Kier molecular flexibility index (Phi) is 2.37. The van der Waals surface area contributed by atoms with Gasteiger partial charge in [0.05, 0.1) is 6.20 Å². The summed E-state index contributed by atoms with van der Waals surface area (Å²) >= 11 is 1.46. The predicted octanol–water partition coefficient (Wildman–Crippen LogP) is 1.29. The van der Waals surface area contributed by atoms with Crippen molar-refractivity contribution in [1.29, 1.82) is 5.26 Å². The van der Waals surface area contributed by atoms with Crippen molar-refractivity contribution in [1.82, 2.24) is 19.6 Å². The van der Waals surface area contributed by atoms with Crippen LogP contribution in [0.15, 0.2) is 11.4 Å². The molecule has 0 bridgehead atoms. The van der Waals surface area contributed by atoms with Crippen molar-refractivity contribution >= 4 is 23.4 Å². The third-order valence-electron chi connectivity index (χ3n) is 2.56. The first-order valence-corrected chi connectivity index (χ1v) is 6.50. The highest BCUT2D eigenvalue weighted by molar-refractivity contribution is 7.98. The summed E-state index contributed by atoms with van der Waals surface area (Å²) in [7, 11) is 0. The second-order valence-corrected chi connectivity index (χ2v) is 4.63. The van der Waals surface area contributed by atoms with Crippen LogP contribution in [0, 0.1) is 11.3 Å². The number of nitrogens with zero attached hydrogens (tertiary/aromatic N) is 5. The number of aromatic nitrogens is 4. The van der Waals surface area contributed by atoms with Gasteiger partial charge in [0.15, 0.2) is 10.8 Å². The largest absolute Gasteiger partial charge is 0.351 e. The molecule has 0 amide bonds. The number of hydrogen-bond donors (Lipinski definition) is 1. The van der Waals surface area contributed by atoms with E-state index in [-0.39, 0.29) is 0 Å². The second-order valence-electron chi connectivity index (χ2n) is 3.86. The van der Waals surface area contributed by atoms with Crippen LogP contribution in [0.4, 0.5) is 5.95 Å². The second kappa shape index (κ2) is 3.89. The Morgan fingerprint density at radius 1 is 1.53 bits per heavy atom. The van der Waals surface area contributed by atoms with Gasteiger partial charge in [-0.05, 0) is 19.1 Å². The number of nitrogens with one attached hydrogen (secondary N) is 1. The zero-order valence-corrected chi connectivity index (χ0v) is 10.0. The normalized spacial score (nSPS) is 14.8. The Balaban J connectivity index is 2.17. The van der Waals surface area contributed by atoms with Crippen LogP contribution in [0.2, 0.25) is 0 Å². The van der Waals surface area contributed by atoms with E-state index in [2.05, 4.69) is 26.5 Å². The smallest absolute Gasteiger partial charge is 0.228 e. The van der Waals surface area contributed by atoms with E-state index in [0.717, 1.165) is 12.8 Å². The van der Waals surface area contributed by atoms with Gasteiger partial charge in [0.2, 0.25) is 5.95 Å². The zero-order valence-electron chi connectivity index (χ0n) is 9.21. The van der Waals surface area contributed by atoms with Gasteiger partial charge < -0.3 is 5.32 Å². The van der Waals surface area contributed by atoms with Crippen molar-refractivity contribution in [3.63, 3.8) is 0 Å². The summed E-state index contributed by atoms with van der Waals surface area (Å²) in [5, 5.41) is 17.1. The standard InChI is InChI=1S/C10H10N6S/c1-17-10-14-8-6(4-11)5-12-16(8)9(15-10)13-7-2-3-7/h5,7H,2-3H2,1H3,(H,13,14,15). The quantitative estimate of drug-likeness (QED) is 0.822. The highest BCUT2D eigenvalue weighted by Gasteiger charge is 2.23. The van der Waals surface area contributed by atoms with Gasteiger partial charge >= 0.3 is 0 Å². The lowest BCUT2D eigenvalue weighted by Crippen LogP contribution is -2.10. The van der Waals surface area contributed by atoms with Crippen LogP contribution in [0.25, 0.3) is 5.65 Å². The van der Waals surface area contributed by atoms with E-state index in [1.807, 2.05) is 6.26 Å². The fourth-order valence-corrected chi connectivity index (χ4v) is 1.89. The third kappa shape index (κ3) is 1.80. The average Bonchev–Trinajstić information content (AvgIpc) is 3.06. The van der Waals surface area contributed by atoms with Crippen molar-refractivity contribution < 1.29 is 0 Å². The lowest BCUT2D eigenvalue weighted by Gasteiger charge is -2.06. The third-order valence-corrected chi connectivity index (χ3v) is 3.11. The fourth-order valence-electron chi connectivity index (χ4n) is 1.53. The molecule has 1 fully saturated rings. The van der Waals surface area contributed by atoms with Crippen molar-refractivity contribution in [2.24, 2.45) is 0 Å². The Morgan fingerprint density at radius 3 is 3.00 bits per heavy atom. The van der Waals surface area contributed by atoms with E-state index in [1.54, 1.807) is 4.52 Å². The Morgan fingerprint density at radius 2 is 2.35 bits per heavy atom. The van der Waals surface area contributed by atoms with E-state index in [0.29, 0.717) is 28.4 Å². The van der Waals surface area contributed by atoms with Crippen LogP contribution in [0.1, 0.15) is 18.4 Å². The summed E-state index contributed by atoms with van der Waals surface area (Å²) in [6.45, 7) is 0. The highest BCUT2D eigenvalue weighted by atomic mass is 32.2. The number of hydrogen-bond acceptors (Lipinski definition) is 6. The number of fused-ring (bicyclic) bond motifs is 1. The lowest BCUT2D eigenvalue weighted by atomic mass is 10.4. The molecular formula is C10H10N6S. The maximum atomic E-state index is 8.98. The number of thioether (sulfide) groups is 1. The molecule has 0 spiro atoms. The van der Waals surface area contributed by atoms with Gasteiger partial charge in [0, 0.05) is 6.04 Å². The summed E-state index contributed by atoms with van der Waals surface area (Å²) in [5.74, 6) is 0.670. The van der Waals surface area contributed by atoms with Crippen LogP contribution in [-0.2, 0) is 0 Å². The number of rotatable bonds is 3. The van der Waals surface area contributed by atoms with E-state index < -0.39 is 0 Å². The lowest BCUT2D eigenvalue weighted by molar-refractivity contribution is 0.830. The molecular weight excluding hydrogens is 236 g/mol. The maximum Gasteiger partial charge on any atom is 0.228 e. The summed E-state index contributed by atoms with van der Waals surface area (Å²) < 4.78 is 1.59.